The van der Waals surface area contributed by atoms with Crippen LogP contribution in [0, 0.1) is 6.14 Å². The Morgan fingerprint density at radius 3 is 2.28 bits per heavy atom. The van der Waals surface area contributed by atoms with Gasteiger partial charge in [0.2, 0.25) is 5.82 Å². The summed E-state index contributed by atoms with van der Waals surface area (Å²) in [6.07, 6.45) is -2.00. The summed E-state index contributed by atoms with van der Waals surface area (Å²) in [6, 6.07) is 6.38. The summed E-state index contributed by atoms with van der Waals surface area (Å²) < 4.78 is 43.6. The number of hydrogen-bond donors (Lipinski definition) is 1. The first-order valence-electron chi connectivity index (χ1n) is 5.16. The number of rotatable bonds is 4. The second-order valence-electron chi connectivity index (χ2n) is 3.77. The fraction of sp³-hybridized carbons (Fsp3) is 0.273. The Morgan fingerprint density at radius 1 is 1.17 bits per heavy atom. The molecule has 0 bridgehead atoms. The van der Waals surface area contributed by atoms with Crippen molar-refractivity contribution in [3.63, 3.8) is 0 Å². The summed E-state index contributed by atoms with van der Waals surface area (Å²) in [7, 11) is 0. The Kier molecular flexibility index (Phi) is 3.33. The van der Waals surface area contributed by atoms with Gasteiger partial charge in [0.05, 0.1) is 0 Å². The van der Waals surface area contributed by atoms with Crippen LogP contribution in [0.3, 0.4) is 0 Å². The lowest BCUT2D eigenvalue weighted by atomic mass is 10.0. The average molecular weight is 257 g/mol. The summed E-state index contributed by atoms with van der Waals surface area (Å²) in [5, 5.41) is 2.89. The van der Waals surface area contributed by atoms with Gasteiger partial charge in [-0.3, -0.25) is 0 Å². The highest BCUT2D eigenvalue weighted by Crippen LogP contribution is 2.29. The minimum atomic E-state index is -3.38. The molecule has 7 heteroatoms. The molecule has 96 valence electrons. The van der Waals surface area contributed by atoms with Gasteiger partial charge in [-0.05, 0) is 11.1 Å². The van der Waals surface area contributed by atoms with Crippen molar-refractivity contribution in [3.8, 4) is 0 Å². The van der Waals surface area contributed by atoms with E-state index in [1.165, 1.54) is 12.1 Å². The van der Waals surface area contributed by atoms with Gasteiger partial charge in [0, 0.05) is 13.0 Å². The maximum Gasteiger partial charge on any atom is 0.405 e. The van der Waals surface area contributed by atoms with E-state index in [1.807, 2.05) is 0 Å². The van der Waals surface area contributed by atoms with Crippen LogP contribution in [0.1, 0.15) is 17.0 Å². The molecule has 0 saturated carbocycles. The summed E-state index contributed by atoms with van der Waals surface area (Å²) in [5.74, 6) is -4.33. The third-order valence-corrected chi connectivity index (χ3v) is 2.41. The molecule has 1 heterocycles. The molecular weight excluding hydrogens is 247 g/mol. The molecule has 0 aliphatic heterocycles. The number of nitrogens with zero attached hydrogens (tertiary/aromatic N) is 2. The molecule has 18 heavy (non-hydrogen) atoms. The molecule has 0 spiro atoms. The first-order valence-corrected chi connectivity index (χ1v) is 5.16. The maximum absolute atomic E-state index is 13.7. The summed E-state index contributed by atoms with van der Waals surface area (Å²) in [5.41, 5.74) is 6.62. The zero-order valence-electron chi connectivity index (χ0n) is 9.24. The first-order chi connectivity index (χ1) is 8.51. The Hall–Kier alpha value is -1.89. The number of hydrogen-bond acceptors (Lipinski definition) is 4. The Balaban J connectivity index is 2.16. The van der Waals surface area contributed by atoms with Gasteiger partial charge in [-0.2, -0.15) is 13.8 Å². The zero-order chi connectivity index (χ0) is 13.2. The third kappa shape index (κ3) is 2.67. The molecule has 0 saturated heterocycles. The van der Waals surface area contributed by atoms with Crippen LogP contribution in [0.2, 0.25) is 0 Å². The van der Waals surface area contributed by atoms with E-state index >= 15 is 0 Å². The van der Waals surface area contributed by atoms with Gasteiger partial charge in [-0.25, -0.2) is 0 Å². The standard InChI is InChI=1S/C11H10F3N3O/c12-10-16-9(17-18-10)11(13,14)5-7-1-3-8(6-15)4-2-7/h1-4H,5-6,15H2. The maximum atomic E-state index is 13.7. The molecule has 0 radical (unpaired) electrons. The molecular formula is C11H10F3N3O. The molecule has 0 atom stereocenters. The highest BCUT2D eigenvalue weighted by Gasteiger charge is 2.37. The Bertz CT molecular complexity index is 525. The number of aromatic nitrogens is 2. The smallest absolute Gasteiger partial charge is 0.326 e. The summed E-state index contributed by atoms with van der Waals surface area (Å²) >= 11 is 0. The molecule has 1 aromatic heterocycles. The van der Waals surface area contributed by atoms with Crippen molar-refractivity contribution in [1.82, 2.24) is 10.1 Å². The molecule has 0 amide bonds. The van der Waals surface area contributed by atoms with E-state index in [9.17, 15) is 13.2 Å². The number of alkyl halides is 2. The van der Waals surface area contributed by atoms with Crippen molar-refractivity contribution >= 4 is 0 Å². The third-order valence-electron chi connectivity index (χ3n) is 2.41. The monoisotopic (exact) mass is 257 g/mol. The SMILES string of the molecule is NCc1ccc(CC(F)(F)c2noc(F)n2)cc1. The van der Waals surface area contributed by atoms with Crippen LogP contribution in [-0.4, -0.2) is 10.1 Å². The molecule has 0 unspecified atom stereocenters. The van der Waals surface area contributed by atoms with Gasteiger partial charge in [0.25, 0.3) is 0 Å². The highest BCUT2D eigenvalue weighted by atomic mass is 19.3. The second-order valence-corrected chi connectivity index (χ2v) is 3.77. The Morgan fingerprint density at radius 2 is 1.78 bits per heavy atom. The van der Waals surface area contributed by atoms with Crippen LogP contribution in [0.5, 0.6) is 0 Å². The normalized spacial score (nSPS) is 11.8. The van der Waals surface area contributed by atoms with Crippen LogP contribution in [0.4, 0.5) is 13.2 Å². The zero-order valence-corrected chi connectivity index (χ0v) is 9.24. The van der Waals surface area contributed by atoms with E-state index in [1.54, 1.807) is 12.1 Å². The van der Waals surface area contributed by atoms with E-state index in [2.05, 4.69) is 14.7 Å². The van der Waals surface area contributed by atoms with E-state index in [-0.39, 0.29) is 0 Å². The lowest BCUT2D eigenvalue weighted by Crippen LogP contribution is -2.19. The van der Waals surface area contributed by atoms with Gasteiger partial charge < -0.3 is 10.3 Å². The minimum absolute atomic E-state index is 0.340. The molecule has 2 N–H and O–H groups in total. The minimum Gasteiger partial charge on any atom is -0.326 e. The van der Waals surface area contributed by atoms with E-state index < -0.39 is 24.3 Å². The number of halogens is 3. The van der Waals surface area contributed by atoms with Crippen LogP contribution in [-0.2, 0) is 18.9 Å². The van der Waals surface area contributed by atoms with Crippen LogP contribution in [0.15, 0.2) is 28.8 Å². The van der Waals surface area contributed by atoms with Gasteiger partial charge in [0.15, 0.2) is 0 Å². The molecule has 1 aromatic carbocycles. The van der Waals surface area contributed by atoms with Gasteiger partial charge in [-0.15, -0.1) is 4.39 Å². The largest absolute Gasteiger partial charge is 0.405 e. The molecule has 2 rings (SSSR count). The van der Waals surface area contributed by atoms with Crippen molar-refractivity contribution in [2.45, 2.75) is 18.9 Å². The second kappa shape index (κ2) is 4.77. The lowest BCUT2D eigenvalue weighted by molar-refractivity contribution is -0.0151. The van der Waals surface area contributed by atoms with E-state index in [0.29, 0.717) is 12.1 Å². The van der Waals surface area contributed by atoms with E-state index in [0.717, 1.165) is 5.56 Å². The van der Waals surface area contributed by atoms with Gasteiger partial charge in [0.1, 0.15) is 0 Å². The van der Waals surface area contributed by atoms with Crippen LogP contribution in [0.25, 0.3) is 0 Å². The molecule has 0 aliphatic rings. The van der Waals surface area contributed by atoms with Crippen molar-refractivity contribution in [2.75, 3.05) is 0 Å². The summed E-state index contributed by atoms with van der Waals surface area (Å²) in [4.78, 5) is 2.90. The van der Waals surface area contributed by atoms with Crippen molar-refractivity contribution in [2.24, 2.45) is 5.73 Å². The quantitative estimate of drug-likeness (QED) is 0.909. The fourth-order valence-corrected chi connectivity index (χ4v) is 1.48. The molecule has 0 aliphatic carbocycles. The van der Waals surface area contributed by atoms with Crippen LogP contribution < -0.4 is 5.73 Å². The van der Waals surface area contributed by atoms with Crippen molar-refractivity contribution in [1.29, 1.82) is 0 Å². The van der Waals surface area contributed by atoms with Gasteiger partial charge >= 0.3 is 12.1 Å². The molecule has 4 nitrogen and oxygen atoms in total. The van der Waals surface area contributed by atoms with E-state index in [4.69, 9.17) is 5.73 Å². The predicted molar refractivity (Wildman–Crippen MR) is 56.2 cm³/mol. The van der Waals surface area contributed by atoms with Crippen LogP contribution >= 0.6 is 0 Å². The molecule has 2 aromatic rings. The predicted octanol–water partition coefficient (Wildman–Crippen LogP) is 2.00. The number of nitrogens with two attached hydrogens (primary N) is 1. The van der Waals surface area contributed by atoms with Crippen molar-refractivity contribution in [3.05, 3.63) is 47.4 Å². The van der Waals surface area contributed by atoms with Gasteiger partial charge in [-0.1, -0.05) is 29.4 Å². The topological polar surface area (TPSA) is 64.9 Å². The lowest BCUT2D eigenvalue weighted by Gasteiger charge is -2.12. The number of benzene rings is 1. The first kappa shape index (κ1) is 12.6. The fourth-order valence-electron chi connectivity index (χ4n) is 1.48. The average Bonchev–Trinajstić information content (AvgIpc) is 2.77. The highest BCUT2D eigenvalue weighted by molar-refractivity contribution is 5.23. The molecule has 0 fully saturated rings. The summed E-state index contributed by atoms with van der Waals surface area (Å²) in [6.45, 7) is 0.340. The van der Waals surface area contributed by atoms with Crippen molar-refractivity contribution < 1.29 is 17.7 Å². The Labute approximate surface area is 101 Å².